The van der Waals surface area contributed by atoms with Crippen molar-refractivity contribution in [3.63, 3.8) is 0 Å². The molecule has 2 N–H and O–H groups in total. The summed E-state index contributed by atoms with van der Waals surface area (Å²) < 4.78 is 2.39. The summed E-state index contributed by atoms with van der Waals surface area (Å²) in [5.74, 6) is 2.00. The third-order valence-electron chi connectivity index (χ3n) is 4.94. The fraction of sp³-hybridized carbons (Fsp3) is 0.632. The van der Waals surface area contributed by atoms with Crippen LogP contribution >= 0.6 is 23.1 Å². The Morgan fingerprint density at radius 1 is 1.26 bits per heavy atom. The number of aliphatic imine (C=N–C) groups is 1. The Balaban J connectivity index is 1.42. The van der Waals surface area contributed by atoms with Crippen LogP contribution in [-0.4, -0.2) is 47.1 Å². The van der Waals surface area contributed by atoms with Crippen molar-refractivity contribution in [1.29, 1.82) is 0 Å². The van der Waals surface area contributed by atoms with E-state index in [0.29, 0.717) is 6.04 Å². The number of thioether (sulfide) groups is 1. The van der Waals surface area contributed by atoms with Crippen LogP contribution in [0.5, 0.6) is 0 Å². The van der Waals surface area contributed by atoms with E-state index in [1.54, 1.807) is 23.1 Å². The number of hydrogen-bond acceptors (Lipinski definition) is 5. The molecule has 0 spiro atoms. The highest BCUT2D eigenvalue weighted by Gasteiger charge is 2.23. The van der Waals surface area contributed by atoms with Gasteiger partial charge in [0.15, 0.2) is 11.1 Å². The molecule has 148 valence electrons. The quantitative estimate of drug-likeness (QED) is 0.289. The number of nitrogens with zero attached hydrogens (tertiary/aromatic N) is 4. The van der Waals surface area contributed by atoms with Crippen LogP contribution in [0.25, 0.3) is 0 Å². The molecule has 0 aromatic carbocycles. The van der Waals surface area contributed by atoms with Gasteiger partial charge in [0.05, 0.1) is 0 Å². The average molecular weight is 407 g/mol. The maximum absolute atomic E-state index is 4.47. The first-order chi connectivity index (χ1) is 13.3. The van der Waals surface area contributed by atoms with Gasteiger partial charge >= 0.3 is 0 Å². The Hall–Kier alpha value is -1.54. The zero-order valence-corrected chi connectivity index (χ0v) is 17.9. The van der Waals surface area contributed by atoms with Gasteiger partial charge in [-0.1, -0.05) is 30.7 Å². The molecule has 0 bridgehead atoms. The largest absolute Gasteiger partial charge is 0.356 e. The van der Waals surface area contributed by atoms with E-state index in [2.05, 4.69) is 54.2 Å². The highest BCUT2D eigenvalue weighted by Crippen LogP contribution is 2.33. The topological polar surface area (TPSA) is 67.1 Å². The van der Waals surface area contributed by atoms with Crippen LogP contribution in [0.3, 0.4) is 0 Å². The fourth-order valence-corrected chi connectivity index (χ4v) is 4.86. The maximum Gasteiger partial charge on any atom is 0.191 e. The smallest absolute Gasteiger partial charge is 0.191 e. The summed E-state index contributed by atoms with van der Waals surface area (Å²) in [7, 11) is 1.82. The second-order valence-electron chi connectivity index (χ2n) is 6.77. The molecular formula is C19H30N6S2. The van der Waals surface area contributed by atoms with E-state index in [0.717, 1.165) is 49.3 Å². The monoisotopic (exact) mass is 406 g/mol. The van der Waals surface area contributed by atoms with Gasteiger partial charge in [0.25, 0.3) is 0 Å². The summed E-state index contributed by atoms with van der Waals surface area (Å²) in [6.07, 6.45) is 10.3. The van der Waals surface area contributed by atoms with Crippen molar-refractivity contribution in [3.8, 4) is 0 Å². The number of nitrogens with one attached hydrogen (secondary N) is 2. The lowest BCUT2D eigenvalue weighted by Crippen LogP contribution is -2.38. The van der Waals surface area contributed by atoms with Gasteiger partial charge in [-0.15, -0.1) is 21.5 Å². The van der Waals surface area contributed by atoms with Crippen LogP contribution in [0.2, 0.25) is 0 Å². The Bertz CT molecular complexity index is 704. The van der Waals surface area contributed by atoms with Crippen LogP contribution < -0.4 is 10.6 Å². The average Bonchev–Trinajstić information content (AvgIpc) is 3.44. The molecule has 0 radical (unpaired) electrons. The van der Waals surface area contributed by atoms with Crippen molar-refractivity contribution >= 4 is 29.1 Å². The first-order valence-electron chi connectivity index (χ1n) is 9.76. The lowest BCUT2D eigenvalue weighted by Gasteiger charge is -2.16. The molecule has 1 saturated carbocycles. The molecule has 6 nitrogen and oxygen atoms in total. The van der Waals surface area contributed by atoms with Crippen LogP contribution in [0, 0.1) is 0 Å². The van der Waals surface area contributed by atoms with Crippen LogP contribution in [-0.2, 0) is 12.8 Å². The molecule has 8 heteroatoms. The molecule has 1 fully saturated rings. The van der Waals surface area contributed by atoms with E-state index >= 15 is 0 Å². The molecule has 0 atom stereocenters. The Morgan fingerprint density at radius 2 is 2.07 bits per heavy atom. The zero-order valence-electron chi connectivity index (χ0n) is 16.3. The van der Waals surface area contributed by atoms with Crippen molar-refractivity contribution in [2.75, 3.05) is 26.4 Å². The molecule has 2 aromatic rings. The van der Waals surface area contributed by atoms with Crippen molar-refractivity contribution in [1.82, 2.24) is 25.4 Å². The van der Waals surface area contributed by atoms with Crippen LogP contribution in [0.4, 0.5) is 0 Å². The summed E-state index contributed by atoms with van der Waals surface area (Å²) in [6.45, 7) is 1.78. The van der Waals surface area contributed by atoms with Gasteiger partial charge in [-0.3, -0.25) is 4.99 Å². The second-order valence-corrected chi connectivity index (χ2v) is 8.58. The highest BCUT2D eigenvalue weighted by atomic mass is 32.2. The van der Waals surface area contributed by atoms with Gasteiger partial charge in [-0.05, 0) is 43.4 Å². The van der Waals surface area contributed by atoms with Crippen molar-refractivity contribution < 1.29 is 0 Å². The van der Waals surface area contributed by atoms with Crippen LogP contribution in [0.1, 0.15) is 48.8 Å². The molecule has 2 aromatic heterocycles. The number of hydrogen-bond donors (Lipinski definition) is 2. The molecule has 2 heterocycles. The van der Waals surface area contributed by atoms with E-state index in [-0.39, 0.29) is 0 Å². The van der Waals surface area contributed by atoms with Gasteiger partial charge in [-0.2, -0.15) is 0 Å². The molecule has 0 aliphatic heterocycles. The molecule has 27 heavy (non-hydrogen) atoms. The molecule has 0 unspecified atom stereocenters. The van der Waals surface area contributed by atoms with E-state index in [1.807, 2.05) is 7.05 Å². The second kappa shape index (κ2) is 10.7. The normalized spacial score (nSPS) is 15.4. The van der Waals surface area contributed by atoms with E-state index in [1.165, 1.54) is 30.6 Å². The maximum atomic E-state index is 4.47. The summed E-state index contributed by atoms with van der Waals surface area (Å²) in [6, 6.07) is 4.86. The summed E-state index contributed by atoms with van der Waals surface area (Å²) in [5, 5.41) is 18.8. The van der Waals surface area contributed by atoms with E-state index < -0.39 is 0 Å². The third kappa shape index (κ3) is 5.72. The minimum absolute atomic E-state index is 0.595. The van der Waals surface area contributed by atoms with Crippen molar-refractivity contribution in [3.05, 3.63) is 28.2 Å². The van der Waals surface area contributed by atoms with Gasteiger partial charge in [0, 0.05) is 37.5 Å². The summed E-state index contributed by atoms with van der Waals surface area (Å²) in [4.78, 5) is 5.71. The Kier molecular flexibility index (Phi) is 8.01. The third-order valence-corrected chi connectivity index (χ3v) is 6.52. The summed E-state index contributed by atoms with van der Waals surface area (Å²) in [5.41, 5.74) is 0. The van der Waals surface area contributed by atoms with Crippen molar-refractivity contribution in [2.45, 2.75) is 56.1 Å². The Morgan fingerprint density at radius 3 is 2.78 bits per heavy atom. The van der Waals surface area contributed by atoms with Crippen molar-refractivity contribution in [2.24, 2.45) is 4.99 Å². The predicted molar refractivity (Wildman–Crippen MR) is 115 cm³/mol. The first kappa shape index (κ1) is 20.2. The molecule has 3 rings (SSSR count). The van der Waals surface area contributed by atoms with Crippen LogP contribution in [0.15, 0.2) is 27.7 Å². The SMILES string of the molecule is CN=C(NCCCc1nnc(SC)n1C1CCCC1)NCCc1cccs1. The van der Waals surface area contributed by atoms with E-state index in [4.69, 9.17) is 0 Å². The lowest BCUT2D eigenvalue weighted by atomic mass is 10.2. The highest BCUT2D eigenvalue weighted by molar-refractivity contribution is 7.98. The minimum Gasteiger partial charge on any atom is -0.356 e. The molecule has 0 saturated heterocycles. The number of thiophene rings is 1. The lowest BCUT2D eigenvalue weighted by molar-refractivity contribution is 0.460. The Labute approximate surface area is 170 Å². The first-order valence-corrected chi connectivity index (χ1v) is 11.9. The molecular weight excluding hydrogens is 376 g/mol. The fourth-order valence-electron chi connectivity index (χ4n) is 3.58. The summed E-state index contributed by atoms with van der Waals surface area (Å²) >= 11 is 3.50. The number of aryl methyl sites for hydroxylation is 1. The predicted octanol–water partition coefficient (Wildman–Crippen LogP) is 3.52. The number of guanidine groups is 1. The standard InChI is InChI=1S/C19H30N6S2/c1-20-18(22-13-11-16-9-6-14-27-16)21-12-5-10-17-23-24-19(26-2)25(17)15-7-3-4-8-15/h6,9,14-15H,3-5,7-8,10-13H2,1-2H3,(H2,20,21,22). The van der Waals surface area contributed by atoms with E-state index in [9.17, 15) is 0 Å². The zero-order chi connectivity index (χ0) is 18.9. The van der Waals surface area contributed by atoms with Gasteiger partial charge < -0.3 is 15.2 Å². The van der Waals surface area contributed by atoms with Gasteiger partial charge in [-0.25, -0.2) is 0 Å². The molecule has 1 aliphatic carbocycles. The molecule has 1 aliphatic rings. The minimum atomic E-state index is 0.595. The van der Waals surface area contributed by atoms with Gasteiger partial charge in [0.1, 0.15) is 5.82 Å². The molecule has 0 amide bonds. The van der Waals surface area contributed by atoms with Gasteiger partial charge in [0.2, 0.25) is 0 Å². The number of rotatable bonds is 9. The number of aromatic nitrogens is 3.